The molecule has 0 radical (unpaired) electrons. The number of unbranched alkanes of at least 4 members (excludes halogenated alkanes) is 1. The van der Waals surface area contributed by atoms with Crippen LogP contribution in [0.4, 0.5) is 5.69 Å². The van der Waals surface area contributed by atoms with Gasteiger partial charge in [0.1, 0.15) is 5.02 Å². The van der Waals surface area contributed by atoms with E-state index >= 15 is 0 Å². The lowest BCUT2D eigenvalue weighted by atomic mass is 10.2. The zero-order chi connectivity index (χ0) is 16.7. The summed E-state index contributed by atoms with van der Waals surface area (Å²) in [6.45, 7) is 0.658. The fourth-order valence-electron chi connectivity index (χ4n) is 1.91. The molecule has 0 saturated heterocycles. The van der Waals surface area contributed by atoms with Crippen molar-refractivity contribution in [2.45, 2.75) is 19.4 Å². The van der Waals surface area contributed by atoms with Crippen LogP contribution in [-0.4, -0.2) is 22.4 Å². The summed E-state index contributed by atoms with van der Waals surface area (Å²) in [6, 6.07) is 8.77. The number of esters is 1. The number of carbonyl (C=O) groups is 1. The molecule has 7 nitrogen and oxygen atoms in total. The van der Waals surface area contributed by atoms with Crippen LogP contribution in [0, 0.1) is 0 Å². The van der Waals surface area contributed by atoms with Crippen molar-refractivity contribution < 1.29 is 9.53 Å². The quantitative estimate of drug-likeness (QED) is 0.346. The number of rotatable bonds is 7. The fourth-order valence-corrected chi connectivity index (χ4v) is 2.11. The number of nitrogens with zero attached hydrogens (tertiary/aromatic N) is 2. The third kappa shape index (κ3) is 4.54. The first-order chi connectivity index (χ1) is 11.1. The molecule has 0 bridgehead atoms. The molecule has 23 heavy (non-hydrogen) atoms. The maximum atomic E-state index is 11.9. The zero-order valence-electron chi connectivity index (χ0n) is 12.4. The standard InChI is InChI=1S/C15H17ClN4O3/c16-13-12(19-17)10-18-20(14(13)21)8-4-5-9-23-15(22)11-6-2-1-3-7-11/h1-3,6-7,10,19H,4-5,8-9,17H2. The number of ether oxygens (including phenoxy) is 1. The van der Waals surface area contributed by atoms with E-state index in [-0.39, 0.29) is 23.3 Å². The summed E-state index contributed by atoms with van der Waals surface area (Å²) in [6.07, 6.45) is 2.63. The van der Waals surface area contributed by atoms with Crippen LogP contribution in [0.1, 0.15) is 23.2 Å². The van der Waals surface area contributed by atoms with Gasteiger partial charge in [0.05, 0.1) is 24.1 Å². The number of nitrogens with one attached hydrogen (secondary N) is 1. The molecule has 0 saturated carbocycles. The van der Waals surface area contributed by atoms with Crippen molar-refractivity contribution >= 4 is 23.3 Å². The van der Waals surface area contributed by atoms with E-state index in [1.54, 1.807) is 24.3 Å². The Bertz CT molecular complexity index is 718. The molecule has 0 amide bonds. The first-order valence-electron chi connectivity index (χ1n) is 7.08. The predicted octanol–water partition coefficient (Wildman–Crippen LogP) is 1.82. The molecule has 0 spiro atoms. The molecule has 3 N–H and O–H groups in total. The normalized spacial score (nSPS) is 10.3. The smallest absolute Gasteiger partial charge is 0.338 e. The number of hydrazine groups is 1. The van der Waals surface area contributed by atoms with E-state index in [2.05, 4.69) is 10.5 Å². The number of hydrogen-bond acceptors (Lipinski definition) is 6. The average Bonchev–Trinajstić information content (AvgIpc) is 2.59. The molecule has 1 aromatic heterocycles. The second-order valence-corrected chi connectivity index (χ2v) is 5.13. The van der Waals surface area contributed by atoms with Gasteiger partial charge in [0.25, 0.3) is 5.56 Å². The molecule has 2 rings (SSSR count). The van der Waals surface area contributed by atoms with Crippen molar-refractivity contribution in [3.63, 3.8) is 0 Å². The maximum Gasteiger partial charge on any atom is 0.338 e. The zero-order valence-corrected chi connectivity index (χ0v) is 13.1. The number of nitrogens with two attached hydrogens (primary N) is 1. The lowest BCUT2D eigenvalue weighted by Crippen LogP contribution is -2.25. The number of aromatic nitrogens is 2. The number of anilines is 1. The number of aryl methyl sites for hydroxylation is 1. The van der Waals surface area contributed by atoms with E-state index < -0.39 is 5.56 Å². The van der Waals surface area contributed by atoms with Crippen LogP contribution in [0.15, 0.2) is 41.3 Å². The number of nitrogen functional groups attached to an aromatic ring is 1. The number of halogens is 1. The summed E-state index contributed by atoms with van der Waals surface area (Å²) in [5.41, 5.74) is 2.69. The molecule has 0 unspecified atom stereocenters. The van der Waals surface area contributed by atoms with E-state index in [0.717, 1.165) is 0 Å². The second kappa shape index (κ2) is 8.30. The van der Waals surface area contributed by atoms with E-state index in [1.807, 2.05) is 6.07 Å². The van der Waals surface area contributed by atoms with Crippen LogP contribution in [-0.2, 0) is 11.3 Å². The Balaban J connectivity index is 1.77. The van der Waals surface area contributed by atoms with Crippen LogP contribution in [0.3, 0.4) is 0 Å². The highest BCUT2D eigenvalue weighted by Crippen LogP contribution is 2.13. The van der Waals surface area contributed by atoms with Crippen LogP contribution in [0.5, 0.6) is 0 Å². The van der Waals surface area contributed by atoms with Crippen molar-refractivity contribution in [3.8, 4) is 0 Å². The second-order valence-electron chi connectivity index (χ2n) is 4.75. The number of hydrogen-bond donors (Lipinski definition) is 2. The highest BCUT2D eigenvalue weighted by Gasteiger charge is 2.08. The van der Waals surface area contributed by atoms with Crippen LogP contribution in [0.2, 0.25) is 5.02 Å². The minimum absolute atomic E-state index is 0.00185. The monoisotopic (exact) mass is 336 g/mol. The molecule has 0 aliphatic heterocycles. The molecule has 0 aliphatic rings. The van der Waals surface area contributed by atoms with Crippen LogP contribution < -0.4 is 16.8 Å². The highest BCUT2D eigenvalue weighted by molar-refractivity contribution is 6.32. The molecule has 8 heteroatoms. The summed E-state index contributed by atoms with van der Waals surface area (Å²) < 4.78 is 6.41. The molecular weight excluding hydrogens is 320 g/mol. The first kappa shape index (κ1) is 17.0. The minimum atomic E-state index is -0.414. The Morgan fingerprint density at radius 2 is 2.04 bits per heavy atom. The lowest BCUT2D eigenvalue weighted by Gasteiger charge is -2.08. The van der Waals surface area contributed by atoms with Gasteiger partial charge in [-0.05, 0) is 25.0 Å². The van der Waals surface area contributed by atoms with Crippen molar-refractivity contribution in [1.82, 2.24) is 9.78 Å². The molecule has 1 heterocycles. The van der Waals surface area contributed by atoms with Crippen molar-refractivity contribution in [2.24, 2.45) is 5.84 Å². The highest BCUT2D eigenvalue weighted by atomic mass is 35.5. The largest absolute Gasteiger partial charge is 0.462 e. The van der Waals surface area contributed by atoms with Crippen molar-refractivity contribution in [1.29, 1.82) is 0 Å². The lowest BCUT2D eigenvalue weighted by molar-refractivity contribution is 0.0497. The van der Waals surface area contributed by atoms with Gasteiger partial charge in [-0.3, -0.25) is 10.6 Å². The van der Waals surface area contributed by atoms with Gasteiger partial charge in [-0.1, -0.05) is 29.8 Å². The summed E-state index contributed by atoms with van der Waals surface area (Å²) in [5.74, 6) is 4.86. The summed E-state index contributed by atoms with van der Waals surface area (Å²) in [5, 5.41) is 3.96. The molecule has 2 aromatic rings. The molecule has 1 aromatic carbocycles. The van der Waals surface area contributed by atoms with E-state index in [1.165, 1.54) is 10.9 Å². The average molecular weight is 337 g/mol. The predicted molar refractivity (Wildman–Crippen MR) is 87.3 cm³/mol. The van der Waals surface area contributed by atoms with Crippen molar-refractivity contribution in [3.05, 3.63) is 57.5 Å². The topological polar surface area (TPSA) is 99.2 Å². The fraction of sp³-hybridized carbons (Fsp3) is 0.267. The van der Waals surface area contributed by atoms with Gasteiger partial charge < -0.3 is 10.2 Å². The summed E-state index contributed by atoms with van der Waals surface area (Å²) in [4.78, 5) is 23.6. The van der Waals surface area contributed by atoms with E-state index in [9.17, 15) is 9.59 Å². The Kier molecular flexibility index (Phi) is 6.13. The molecule has 0 fully saturated rings. The Morgan fingerprint density at radius 1 is 1.30 bits per heavy atom. The third-order valence-electron chi connectivity index (χ3n) is 3.15. The first-order valence-corrected chi connectivity index (χ1v) is 7.45. The number of carbonyl (C=O) groups excluding carboxylic acids is 1. The summed E-state index contributed by atoms with van der Waals surface area (Å²) in [7, 11) is 0. The van der Waals surface area contributed by atoms with E-state index in [0.29, 0.717) is 24.9 Å². The Morgan fingerprint density at radius 3 is 2.74 bits per heavy atom. The van der Waals surface area contributed by atoms with Gasteiger partial charge in [-0.2, -0.15) is 5.10 Å². The van der Waals surface area contributed by atoms with Crippen LogP contribution in [0.25, 0.3) is 0 Å². The molecule has 0 atom stereocenters. The van der Waals surface area contributed by atoms with Gasteiger partial charge in [0.15, 0.2) is 0 Å². The number of benzene rings is 1. The SMILES string of the molecule is NNc1cnn(CCCCOC(=O)c2ccccc2)c(=O)c1Cl. The van der Waals surface area contributed by atoms with Gasteiger partial charge >= 0.3 is 5.97 Å². The Hall–Kier alpha value is -2.38. The molecular formula is C15H17ClN4O3. The minimum Gasteiger partial charge on any atom is -0.462 e. The van der Waals surface area contributed by atoms with Gasteiger partial charge in [0.2, 0.25) is 0 Å². The maximum absolute atomic E-state index is 11.9. The van der Waals surface area contributed by atoms with Crippen LogP contribution >= 0.6 is 11.6 Å². The van der Waals surface area contributed by atoms with Gasteiger partial charge in [-0.15, -0.1) is 0 Å². The Labute approximate surface area is 138 Å². The van der Waals surface area contributed by atoms with Gasteiger partial charge in [0, 0.05) is 6.54 Å². The van der Waals surface area contributed by atoms with Crippen molar-refractivity contribution in [2.75, 3.05) is 12.0 Å². The third-order valence-corrected chi connectivity index (χ3v) is 3.51. The molecule has 0 aliphatic carbocycles. The van der Waals surface area contributed by atoms with Gasteiger partial charge in [-0.25, -0.2) is 9.48 Å². The molecule has 122 valence electrons. The van der Waals surface area contributed by atoms with E-state index in [4.69, 9.17) is 22.2 Å². The summed E-state index contributed by atoms with van der Waals surface area (Å²) >= 11 is 5.86.